The maximum Gasteiger partial charge on any atom is 0.161 e. The predicted molar refractivity (Wildman–Crippen MR) is 59.5 cm³/mol. The fourth-order valence-electron chi connectivity index (χ4n) is 1.38. The van der Waals surface area contributed by atoms with Gasteiger partial charge in [-0.15, -0.1) is 0 Å². The number of allylic oxidation sites excluding steroid dienone is 2. The first kappa shape index (κ1) is 10.5. The van der Waals surface area contributed by atoms with E-state index in [1.807, 2.05) is 38.2 Å². The van der Waals surface area contributed by atoms with E-state index in [4.69, 9.17) is 0 Å². The monoisotopic (exact) mass is 189 g/mol. The number of aromatic amines is 1. The number of aromatic nitrogens is 1. The number of H-pyrrole nitrogens is 1. The van der Waals surface area contributed by atoms with Crippen LogP contribution in [-0.4, -0.2) is 10.8 Å². The molecule has 0 aliphatic carbocycles. The van der Waals surface area contributed by atoms with Crippen LogP contribution in [0.15, 0.2) is 18.3 Å². The molecule has 0 unspecified atom stereocenters. The van der Waals surface area contributed by atoms with Gasteiger partial charge in [-0.2, -0.15) is 0 Å². The van der Waals surface area contributed by atoms with Gasteiger partial charge in [0.1, 0.15) is 0 Å². The maximum atomic E-state index is 11.2. The Morgan fingerprint density at radius 3 is 2.64 bits per heavy atom. The second kappa shape index (κ2) is 4.61. The predicted octanol–water partition coefficient (Wildman–Crippen LogP) is 1.37. The highest BCUT2D eigenvalue weighted by Gasteiger charge is 2.02. The van der Waals surface area contributed by atoms with Crippen LogP contribution in [0.4, 0.5) is 0 Å². The first-order valence-electron chi connectivity index (χ1n) is 4.68. The Balaban J connectivity index is 3.44. The highest BCUT2D eigenvalue weighted by Crippen LogP contribution is 1.87. The van der Waals surface area contributed by atoms with Gasteiger partial charge in [0, 0.05) is 22.3 Å². The summed E-state index contributed by atoms with van der Waals surface area (Å²) in [5, 5.41) is 1.96. The molecule has 1 rings (SSSR count). The van der Waals surface area contributed by atoms with E-state index in [1.165, 1.54) is 0 Å². The van der Waals surface area contributed by atoms with Crippen molar-refractivity contribution in [3.8, 4) is 0 Å². The summed E-state index contributed by atoms with van der Waals surface area (Å²) < 4.78 is 0. The highest BCUT2D eigenvalue weighted by atomic mass is 16.1. The molecule has 1 N–H and O–H groups in total. The normalized spacial score (nSPS) is 14.2. The zero-order chi connectivity index (χ0) is 10.6. The summed E-state index contributed by atoms with van der Waals surface area (Å²) in [6, 6.07) is 0. The highest BCUT2D eigenvalue weighted by molar-refractivity contribution is 5.94. The van der Waals surface area contributed by atoms with Crippen molar-refractivity contribution in [3.05, 3.63) is 34.5 Å². The molecule has 1 aromatic rings. The Morgan fingerprint density at radius 1 is 1.43 bits per heavy atom. The summed E-state index contributed by atoms with van der Waals surface area (Å²) in [6.07, 6.45) is 9.56. The van der Waals surface area contributed by atoms with Crippen molar-refractivity contribution in [1.29, 1.82) is 0 Å². The van der Waals surface area contributed by atoms with E-state index >= 15 is 0 Å². The topological polar surface area (TPSA) is 32.9 Å². The van der Waals surface area contributed by atoms with Gasteiger partial charge in [0.15, 0.2) is 5.78 Å². The van der Waals surface area contributed by atoms with E-state index in [2.05, 4.69) is 4.98 Å². The molecule has 1 heterocycles. The molecule has 0 spiro atoms. The van der Waals surface area contributed by atoms with Crippen LogP contribution in [0.2, 0.25) is 0 Å². The molecule has 0 fully saturated rings. The number of carbonyl (C=O) groups is 1. The molecule has 0 aromatic carbocycles. The van der Waals surface area contributed by atoms with Gasteiger partial charge in [-0.1, -0.05) is 18.2 Å². The van der Waals surface area contributed by atoms with Crippen LogP contribution in [0.1, 0.15) is 31.1 Å². The van der Waals surface area contributed by atoms with E-state index in [9.17, 15) is 4.79 Å². The van der Waals surface area contributed by atoms with E-state index in [-0.39, 0.29) is 5.78 Å². The SMILES string of the molecule is C\C=C/C=c1/[nH]cc(C(C)=O)/c1=C/C. The Bertz CT molecular complexity index is 463. The quantitative estimate of drug-likeness (QED) is 0.700. The molecular formula is C12H15NO. The van der Waals surface area contributed by atoms with Crippen molar-refractivity contribution in [2.45, 2.75) is 20.8 Å². The number of Topliss-reactive ketones (excluding diaryl/α,β-unsaturated/α-hetero) is 1. The van der Waals surface area contributed by atoms with Crippen LogP contribution < -0.4 is 10.6 Å². The van der Waals surface area contributed by atoms with Crippen LogP contribution in [0.25, 0.3) is 12.2 Å². The van der Waals surface area contributed by atoms with Crippen molar-refractivity contribution in [1.82, 2.24) is 4.98 Å². The van der Waals surface area contributed by atoms with E-state index in [0.717, 1.165) is 16.1 Å². The summed E-state index contributed by atoms with van der Waals surface area (Å²) in [5.74, 6) is 0.0921. The molecule has 0 atom stereocenters. The second-order valence-corrected chi connectivity index (χ2v) is 3.07. The van der Waals surface area contributed by atoms with Crippen LogP contribution in [-0.2, 0) is 0 Å². The fraction of sp³-hybridized carbons (Fsp3) is 0.250. The molecule has 0 bridgehead atoms. The standard InChI is InChI=1S/C12H15NO/c1-4-6-7-12-10(5-2)11(8-13-12)9(3)14/h4-8,13H,1-3H3/b6-4-,10-5-,12-7+. The molecule has 0 aliphatic rings. The van der Waals surface area contributed by atoms with Gasteiger partial charge < -0.3 is 4.98 Å². The lowest BCUT2D eigenvalue weighted by molar-refractivity contribution is 0.101. The largest absolute Gasteiger partial charge is 0.360 e. The van der Waals surface area contributed by atoms with Gasteiger partial charge in [0.2, 0.25) is 0 Å². The molecule has 0 amide bonds. The molecule has 1 aromatic heterocycles. The number of rotatable bonds is 2. The first-order chi connectivity index (χ1) is 6.70. The fourth-order valence-corrected chi connectivity index (χ4v) is 1.38. The van der Waals surface area contributed by atoms with Crippen LogP contribution in [0, 0.1) is 0 Å². The first-order valence-corrected chi connectivity index (χ1v) is 4.68. The van der Waals surface area contributed by atoms with Crippen molar-refractivity contribution >= 4 is 17.9 Å². The molecule has 0 radical (unpaired) electrons. The summed E-state index contributed by atoms with van der Waals surface area (Å²) >= 11 is 0. The molecule has 0 saturated heterocycles. The number of ketones is 1. The Morgan fingerprint density at radius 2 is 2.14 bits per heavy atom. The lowest BCUT2D eigenvalue weighted by Gasteiger charge is -1.85. The van der Waals surface area contributed by atoms with Gasteiger partial charge >= 0.3 is 0 Å². The molecule has 14 heavy (non-hydrogen) atoms. The average Bonchev–Trinajstić information content (AvgIpc) is 2.57. The summed E-state index contributed by atoms with van der Waals surface area (Å²) in [4.78, 5) is 14.3. The van der Waals surface area contributed by atoms with Crippen molar-refractivity contribution < 1.29 is 4.79 Å². The summed E-state index contributed by atoms with van der Waals surface area (Å²) in [5.41, 5.74) is 0.753. The molecular weight excluding hydrogens is 174 g/mol. The summed E-state index contributed by atoms with van der Waals surface area (Å²) in [7, 11) is 0. The third kappa shape index (κ3) is 2.02. The van der Waals surface area contributed by atoms with Crippen molar-refractivity contribution in [2.75, 3.05) is 0 Å². The van der Waals surface area contributed by atoms with E-state index in [0.29, 0.717) is 0 Å². The number of hydrogen-bond donors (Lipinski definition) is 1. The van der Waals surface area contributed by atoms with E-state index < -0.39 is 0 Å². The molecule has 2 heteroatoms. The molecule has 2 nitrogen and oxygen atoms in total. The summed E-state index contributed by atoms with van der Waals surface area (Å²) in [6.45, 7) is 5.47. The third-order valence-corrected chi connectivity index (χ3v) is 2.08. The number of nitrogens with one attached hydrogen (secondary N) is 1. The molecule has 74 valence electrons. The van der Waals surface area contributed by atoms with Gasteiger partial charge in [0.05, 0.1) is 0 Å². The minimum absolute atomic E-state index is 0.0921. The zero-order valence-electron chi connectivity index (χ0n) is 8.79. The van der Waals surface area contributed by atoms with Crippen molar-refractivity contribution in [2.24, 2.45) is 0 Å². The lowest BCUT2D eigenvalue weighted by atomic mass is 10.2. The van der Waals surface area contributed by atoms with E-state index in [1.54, 1.807) is 13.1 Å². The Hall–Kier alpha value is -1.57. The minimum Gasteiger partial charge on any atom is -0.360 e. The van der Waals surface area contributed by atoms with Gasteiger partial charge in [-0.3, -0.25) is 4.79 Å². The maximum absolute atomic E-state index is 11.2. The Kier molecular flexibility index (Phi) is 3.46. The number of carbonyl (C=O) groups excluding carboxylic acids is 1. The van der Waals surface area contributed by atoms with Crippen molar-refractivity contribution in [3.63, 3.8) is 0 Å². The van der Waals surface area contributed by atoms with Gasteiger partial charge in [0.25, 0.3) is 0 Å². The third-order valence-electron chi connectivity index (χ3n) is 2.08. The van der Waals surface area contributed by atoms with Crippen LogP contribution >= 0.6 is 0 Å². The smallest absolute Gasteiger partial charge is 0.161 e. The average molecular weight is 189 g/mol. The van der Waals surface area contributed by atoms with Gasteiger partial charge in [-0.05, 0) is 26.8 Å². The molecule has 0 aliphatic heterocycles. The minimum atomic E-state index is 0.0921. The molecule has 0 saturated carbocycles. The second-order valence-electron chi connectivity index (χ2n) is 3.07. The van der Waals surface area contributed by atoms with Crippen LogP contribution in [0.3, 0.4) is 0 Å². The zero-order valence-corrected chi connectivity index (χ0v) is 8.79. The van der Waals surface area contributed by atoms with Gasteiger partial charge in [-0.25, -0.2) is 0 Å². The number of hydrogen-bond acceptors (Lipinski definition) is 1. The van der Waals surface area contributed by atoms with Crippen LogP contribution in [0.5, 0.6) is 0 Å². The Labute approximate surface area is 83.7 Å². The lowest BCUT2D eigenvalue weighted by Crippen LogP contribution is -2.25.